The fourth-order valence-corrected chi connectivity index (χ4v) is 3.17. The van der Waals surface area contributed by atoms with Crippen molar-refractivity contribution in [3.8, 4) is 0 Å². The molecule has 1 aromatic carbocycles. The molecule has 0 atom stereocenters. The van der Waals surface area contributed by atoms with Crippen LogP contribution < -0.4 is 4.90 Å². The predicted octanol–water partition coefficient (Wildman–Crippen LogP) is 3.79. The second-order valence-electron chi connectivity index (χ2n) is 8.06. The van der Waals surface area contributed by atoms with Crippen LogP contribution in [-0.2, 0) is 22.6 Å². The smallest absolute Gasteiger partial charge is 0.410 e. The summed E-state index contributed by atoms with van der Waals surface area (Å²) in [6.07, 6.45) is 0.457. The van der Waals surface area contributed by atoms with Crippen molar-refractivity contribution >= 4 is 29.9 Å². The van der Waals surface area contributed by atoms with Gasteiger partial charge in [-0.25, -0.2) is 9.48 Å². The van der Waals surface area contributed by atoms with Crippen molar-refractivity contribution < 1.29 is 19.1 Å². The summed E-state index contributed by atoms with van der Waals surface area (Å²) in [5.41, 5.74) is 2.35. The van der Waals surface area contributed by atoms with E-state index in [0.29, 0.717) is 29.2 Å². The van der Waals surface area contributed by atoms with Crippen LogP contribution in [0.4, 0.5) is 16.3 Å². The average Bonchev–Trinajstić information content (AvgIpc) is 3.22. The van der Waals surface area contributed by atoms with Gasteiger partial charge in [-0.1, -0.05) is 24.6 Å². The number of rotatable bonds is 4. The van der Waals surface area contributed by atoms with Gasteiger partial charge in [-0.2, -0.15) is 0 Å². The minimum absolute atomic E-state index is 0.198. The molecule has 0 fully saturated rings. The maximum atomic E-state index is 12.5. The van der Waals surface area contributed by atoms with E-state index in [4.69, 9.17) is 4.74 Å². The van der Waals surface area contributed by atoms with Crippen molar-refractivity contribution in [2.75, 3.05) is 4.90 Å². The number of carbonyl (C=O) groups is 3. The van der Waals surface area contributed by atoms with E-state index in [2.05, 4.69) is 5.10 Å². The Bertz CT molecular complexity index is 941. The van der Waals surface area contributed by atoms with E-state index in [1.54, 1.807) is 27.7 Å². The molecule has 3 rings (SSSR count). The summed E-state index contributed by atoms with van der Waals surface area (Å²) in [6, 6.07) is 7.43. The van der Waals surface area contributed by atoms with Crippen LogP contribution in [0.3, 0.4) is 0 Å². The van der Waals surface area contributed by atoms with E-state index in [1.165, 1.54) is 14.5 Å². The van der Waals surface area contributed by atoms with Gasteiger partial charge < -0.3 is 4.74 Å². The van der Waals surface area contributed by atoms with Crippen LogP contribution in [0.2, 0.25) is 0 Å². The largest absolute Gasteiger partial charge is 0.444 e. The Hall–Kier alpha value is -3.16. The molecule has 154 valence electrons. The second-order valence-corrected chi connectivity index (χ2v) is 8.06. The number of ether oxygens (including phenoxy) is 1. The third kappa shape index (κ3) is 4.16. The Labute approximate surface area is 170 Å². The fourth-order valence-electron chi connectivity index (χ4n) is 3.17. The van der Waals surface area contributed by atoms with Crippen molar-refractivity contribution in [1.29, 1.82) is 0 Å². The molecule has 8 nitrogen and oxygen atoms in total. The van der Waals surface area contributed by atoms with Crippen LogP contribution >= 0.6 is 0 Å². The highest BCUT2D eigenvalue weighted by atomic mass is 16.6. The summed E-state index contributed by atoms with van der Waals surface area (Å²) in [4.78, 5) is 39.8. The highest BCUT2D eigenvalue weighted by Crippen LogP contribution is 2.35. The lowest BCUT2D eigenvalue weighted by Crippen LogP contribution is -2.34. The Balaban J connectivity index is 2.01. The van der Waals surface area contributed by atoms with Crippen LogP contribution in [0, 0.1) is 6.92 Å². The average molecular weight is 398 g/mol. The van der Waals surface area contributed by atoms with Gasteiger partial charge in [0.15, 0.2) is 5.82 Å². The maximum Gasteiger partial charge on any atom is 0.410 e. The van der Waals surface area contributed by atoms with Crippen molar-refractivity contribution in [2.24, 2.45) is 0 Å². The van der Waals surface area contributed by atoms with Gasteiger partial charge in [0, 0.05) is 12.0 Å². The van der Waals surface area contributed by atoms with Crippen molar-refractivity contribution in [3.63, 3.8) is 0 Å². The molecule has 0 spiro atoms. The molecular formula is C21H26N4O4. The van der Waals surface area contributed by atoms with Gasteiger partial charge in [0.25, 0.3) is 0 Å². The first kappa shape index (κ1) is 20.6. The van der Waals surface area contributed by atoms with E-state index in [-0.39, 0.29) is 25.4 Å². The van der Waals surface area contributed by atoms with Crippen LogP contribution in [0.25, 0.3) is 0 Å². The first-order chi connectivity index (χ1) is 13.6. The number of nitrogens with zero attached hydrogens (tertiary/aromatic N) is 4. The third-order valence-electron chi connectivity index (χ3n) is 4.59. The summed E-state index contributed by atoms with van der Waals surface area (Å²) in [7, 11) is 0. The van der Waals surface area contributed by atoms with Crippen LogP contribution in [0.5, 0.6) is 0 Å². The summed E-state index contributed by atoms with van der Waals surface area (Å²) >= 11 is 0. The molecule has 0 unspecified atom stereocenters. The van der Waals surface area contributed by atoms with E-state index in [9.17, 15) is 14.4 Å². The molecule has 8 heteroatoms. The van der Waals surface area contributed by atoms with Crippen LogP contribution in [0.15, 0.2) is 24.3 Å². The highest BCUT2D eigenvalue weighted by Gasteiger charge is 2.36. The Kier molecular flexibility index (Phi) is 5.46. The molecule has 29 heavy (non-hydrogen) atoms. The number of aromatic nitrogens is 2. The lowest BCUT2D eigenvalue weighted by atomic mass is 10.2. The van der Waals surface area contributed by atoms with Crippen molar-refractivity contribution in [1.82, 2.24) is 14.7 Å². The lowest BCUT2D eigenvalue weighted by molar-refractivity contribution is -0.106. The zero-order valence-electron chi connectivity index (χ0n) is 17.4. The topological polar surface area (TPSA) is 84.7 Å². The predicted molar refractivity (Wildman–Crippen MR) is 108 cm³/mol. The summed E-state index contributed by atoms with van der Waals surface area (Å²) in [6.45, 7) is 9.51. The molecule has 1 aliphatic heterocycles. The van der Waals surface area contributed by atoms with E-state index < -0.39 is 11.7 Å². The normalized spacial score (nSPS) is 13.2. The quantitative estimate of drug-likeness (QED) is 0.732. The number of aryl methyl sites for hydroxylation is 1. The number of hydrogen-bond acceptors (Lipinski definition) is 5. The van der Waals surface area contributed by atoms with Gasteiger partial charge in [0.05, 0.1) is 24.5 Å². The third-order valence-corrected chi connectivity index (χ3v) is 4.59. The van der Waals surface area contributed by atoms with Crippen molar-refractivity contribution in [2.45, 2.75) is 59.7 Å². The molecular weight excluding hydrogens is 372 g/mol. The van der Waals surface area contributed by atoms with Gasteiger partial charge >= 0.3 is 6.09 Å². The minimum atomic E-state index is -0.628. The summed E-state index contributed by atoms with van der Waals surface area (Å²) in [5, 5.41) is 4.42. The summed E-state index contributed by atoms with van der Waals surface area (Å²) in [5.74, 6) is 0.153. The van der Waals surface area contributed by atoms with E-state index >= 15 is 0 Å². The first-order valence-corrected chi connectivity index (χ1v) is 9.57. The van der Waals surface area contributed by atoms with Gasteiger partial charge in [-0.3, -0.25) is 19.4 Å². The van der Waals surface area contributed by atoms with Crippen LogP contribution in [0.1, 0.15) is 55.7 Å². The molecule has 2 heterocycles. The molecule has 0 radical (unpaired) electrons. The number of benzene rings is 1. The number of fused-ring (bicyclic) bond motifs is 1. The van der Waals surface area contributed by atoms with E-state index in [0.717, 1.165) is 5.56 Å². The van der Waals surface area contributed by atoms with Gasteiger partial charge in [-0.15, -0.1) is 5.10 Å². The summed E-state index contributed by atoms with van der Waals surface area (Å²) < 4.78 is 6.77. The Morgan fingerprint density at radius 3 is 2.41 bits per heavy atom. The first-order valence-electron chi connectivity index (χ1n) is 9.57. The molecule has 0 saturated carbocycles. The minimum Gasteiger partial charge on any atom is -0.444 e. The fraction of sp³-hybridized carbons (Fsp3) is 0.429. The highest BCUT2D eigenvalue weighted by molar-refractivity contribution is 5.88. The lowest BCUT2D eigenvalue weighted by Gasteiger charge is -2.24. The molecule has 0 bridgehead atoms. The zero-order chi connectivity index (χ0) is 21.3. The van der Waals surface area contributed by atoms with Crippen LogP contribution in [-0.4, -0.2) is 38.7 Å². The molecule has 1 aliphatic rings. The molecule has 0 aliphatic carbocycles. The molecule has 0 N–H and O–H groups in total. The SMILES string of the molecule is CCC(=O)n1nc(N(C=O)c2ccc(C)cc2)c2c1CN(C(=O)OC(C)(C)C)C2. The maximum absolute atomic E-state index is 12.5. The van der Waals surface area contributed by atoms with Crippen molar-refractivity contribution in [3.05, 3.63) is 41.1 Å². The molecule has 0 saturated heterocycles. The van der Waals surface area contributed by atoms with E-state index in [1.807, 2.05) is 31.2 Å². The Morgan fingerprint density at radius 1 is 1.21 bits per heavy atom. The zero-order valence-corrected chi connectivity index (χ0v) is 17.4. The molecule has 2 amide bonds. The number of anilines is 2. The number of amides is 2. The second kappa shape index (κ2) is 7.69. The number of carbonyl (C=O) groups excluding carboxylic acids is 3. The Morgan fingerprint density at radius 2 is 1.86 bits per heavy atom. The standard InChI is InChI=1S/C21H26N4O4/c1-6-18(27)25-17-12-23(20(28)29-21(3,4)5)11-16(17)19(22-25)24(13-26)15-9-7-14(2)8-10-15/h7-10,13H,6,11-12H2,1-5H3. The number of hydrogen-bond donors (Lipinski definition) is 0. The molecule has 2 aromatic rings. The van der Waals surface area contributed by atoms with Gasteiger partial charge in [-0.05, 0) is 39.8 Å². The molecule has 1 aromatic heterocycles. The monoisotopic (exact) mass is 398 g/mol. The van der Waals surface area contributed by atoms with Gasteiger partial charge in [0.1, 0.15) is 5.60 Å². The van der Waals surface area contributed by atoms with Gasteiger partial charge in [0.2, 0.25) is 12.3 Å².